The Morgan fingerprint density at radius 3 is 2.50 bits per heavy atom. The molecular formula is C27H34ClFN8O2S. The van der Waals surface area contributed by atoms with Gasteiger partial charge in [0.05, 0.1) is 29.5 Å². The standard InChI is InChI=1S/C27H34ClFN8O2S/c1-35(40(2,38)39)25-6-4-3-5-23(25)33-26-21(28)18-31-27(34-26)32-19-7-8-24(22(29)17-19)37-13-9-20(10-14-37)36-15-11-30-12-16-36/h3-8,17-18,20,30H,9-16H2,1-2H3,(H2,31,32,33,34). The lowest BCUT2D eigenvalue weighted by molar-refractivity contribution is 0.150. The first-order chi connectivity index (χ1) is 19.2. The Bertz CT molecular complexity index is 1450. The first-order valence-electron chi connectivity index (χ1n) is 13.3. The van der Waals surface area contributed by atoms with E-state index in [1.807, 2.05) is 6.07 Å². The van der Waals surface area contributed by atoms with E-state index in [4.69, 9.17) is 11.6 Å². The number of anilines is 6. The molecule has 3 N–H and O–H groups in total. The van der Waals surface area contributed by atoms with Crippen molar-refractivity contribution >= 4 is 56.1 Å². The number of piperazine rings is 1. The fourth-order valence-electron chi connectivity index (χ4n) is 5.16. The second kappa shape index (κ2) is 12.1. The molecule has 2 saturated heterocycles. The Balaban J connectivity index is 1.26. The monoisotopic (exact) mass is 588 g/mol. The van der Waals surface area contributed by atoms with Crippen LogP contribution in [0.4, 0.5) is 38.9 Å². The van der Waals surface area contributed by atoms with Crippen LogP contribution in [-0.2, 0) is 10.0 Å². The second-order valence-electron chi connectivity index (χ2n) is 10.1. The van der Waals surface area contributed by atoms with Crippen molar-refractivity contribution in [3.05, 3.63) is 59.5 Å². The zero-order chi connectivity index (χ0) is 28.3. The van der Waals surface area contributed by atoms with Crippen molar-refractivity contribution in [2.45, 2.75) is 18.9 Å². The summed E-state index contributed by atoms with van der Waals surface area (Å²) in [5.74, 6) is 0.179. The highest BCUT2D eigenvalue weighted by Gasteiger charge is 2.26. The maximum Gasteiger partial charge on any atom is 0.232 e. The molecule has 3 heterocycles. The maximum absolute atomic E-state index is 15.2. The second-order valence-corrected chi connectivity index (χ2v) is 12.5. The van der Waals surface area contributed by atoms with E-state index in [1.54, 1.807) is 30.3 Å². The molecule has 10 nitrogen and oxygen atoms in total. The molecule has 0 amide bonds. The number of nitrogens with zero attached hydrogens (tertiary/aromatic N) is 5. The Hall–Kier alpha value is -3.19. The van der Waals surface area contributed by atoms with Crippen LogP contribution in [-0.4, -0.2) is 81.9 Å². The number of para-hydroxylation sites is 2. The third-order valence-corrected chi connectivity index (χ3v) is 8.88. The minimum Gasteiger partial charge on any atom is -0.369 e. The highest BCUT2D eigenvalue weighted by Crippen LogP contribution is 2.32. The van der Waals surface area contributed by atoms with Gasteiger partial charge in [-0.1, -0.05) is 23.7 Å². The molecule has 214 valence electrons. The Morgan fingerprint density at radius 2 is 1.80 bits per heavy atom. The lowest BCUT2D eigenvalue weighted by Crippen LogP contribution is -2.52. The van der Waals surface area contributed by atoms with E-state index < -0.39 is 10.0 Å². The van der Waals surface area contributed by atoms with E-state index in [2.05, 4.69) is 35.7 Å². The SMILES string of the molecule is CN(c1ccccc1Nc1nc(Nc2ccc(N3CCC(N4CCNCC4)CC3)c(F)c2)ncc1Cl)S(C)(=O)=O. The highest BCUT2D eigenvalue weighted by molar-refractivity contribution is 7.92. The molecule has 2 aliphatic heterocycles. The molecule has 40 heavy (non-hydrogen) atoms. The summed E-state index contributed by atoms with van der Waals surface area (Å²) in [4.78, 5) is 13.3. The molecule has 3 aromatic rings. The van der Waals surface area contributed by atoms with Gasteiger partial charge >= 0.3 is 0 Å². The van der Waals surface area contributed by atoms with Gasteiger partial charge in [0.15, 0.2) is 5.82 Å². The highest BCUT2D eigenvalue weighted by atomic mass is 35.5. The van der Waals surface area contributed by atoms with Crippen LogP contribution in [0.1, 0.15) is 12.8 Å². The summed E-state index contributed by atoms with van der Waals surface area (Å²) < 4.78 is 40.6. The molecule has 0 atom stereocenters. The van der Waals surface area contributed by atoms with E-state index in [-0.39, 0.29) is 22.6 Å². The molecule has 1 aromatic heterocycles. The van der Waals surface area contributed by atoms with Crippen molar-refractivity contribution in [2.75, 3.05) is 72.4 Å². The lowest BCUT2D eigenvalue weighted by Gasteiger charge is -2.41. The third kappa shape index (κ3) is 6.57. The fraction of sp³-hybridized carbons (Fsp3) is 0.407. The van der Waals surface area contributed by atoms with Crippen molar-refractivity contribution in [1.82, 2.24) is 20.2 Å². The molecule has 5 rings (SSSR count). The largest absolute Gasteiger partial charge is 0.369 e. The van der Waals surface area contributed by atoms with Crippen molar-refractivity contribution in [2.24, 2.45) is 0 Å². The van der Waals surface area contributed by atoms with E-state index in [9.17, 15) is 8.42 Å². The molecule has 0 bridgehead atoms. The van der Waals surface area contributed by atoms with Crippen LogP contribution in [0.5, 0.6) is 0 Å². The number of hydrogen-bond acceptors (Lipinski definition) is 9. The average molecular weight is 589 g/mol. The van der Waals surface area contributed by atoms with Gasteiger partial charge < -0.3 is 20.9 Å². The predicted molar refractivity (Wildman–Crippen MR) is 159 cm³/mol. The Labute approximate surface area is 239 Å². The summed E-state index contributed by atoms with van der Waals surface area (Å²) in [7, 11) is -2.01. The molecule has 0 radical (unpaired) electrons. The molecule has 0 aliphatic carbocycles. The summed E-state index contributed by atoms with van der Waals surface area (Å²) in [6.07, 6.45) is 4.60. The summed E-state index contributed by atoms with van der Waals surface area (Å²) in [5, 5.41) is 9.78. The molecule has 2 aromatic carbocycles. The maximum atomic E-state index is 15.2. The Morgan fingerprint density at radius 1 is 1.07 bits per heavy atom. The number of aromatic nitrogens is 2. The van der Waals surface area contributed by atoms with Crippen LogP contribution < -0.4 is 25.2 Å². The molecule has 0 unspecified atom stereocenters. The fourth-order valence-corrected chi connectivity index (χ4v) is 5.82. The third-order valence-electron chi connectivity index (χ3n) is 7.41. The average Bonchev–Trinajstić information content (AvgIpc) is 2.95. The van der Waals surface area contributed by atoms with Gasteiger partial charge in [0.2, 0.25) is 16.0 Å². The first-order valence-corrected chi connectivity index (χ1v) is 15.5. The summed E-state index contributed by atoms with van der Waals surface area (Å²) in [6.45, 7) is 5.87. The number of rotatable bonds is 8. The topological polar surface area (TPSA) is 106 Å². The summed E-state index contributed by atoms with van der Waals surface area (Å²) in [6, 6.07) is 12.5. The zero-order valence-corrected chi connectivity index (χ0v) is 24.1. The van der Waals surface area contributed by atoms with E-state index >= 15 is 4.39 Å². The summed E-state index contributed by atoms with van der Waals surface area (Å²) in [5.41, 5.74) is 2.03. The van der Waals surface area contributed by atoms with Gasteiger partial charge in [0.1, 0.15) is 10.8 Å². The van der Waals surface area contributed by atoms with Crippen LogP contribution in [0.15, 0.2) is 48.7 Å². The van der Waals surface area contributed by atoms with Gasteiger partial charge in [-0.25, -0.2) is 17.8 Å². The van der Waals surface area contributed by atoms with Gasteiger partial charge in [0.25, 0.3) is 0 Å². The normalized spacial score (nSPS) is 17.1. The van der Waals surface area contributed by atoms with Gasteiger partial charge in [-0.2, -0.15) is 4.98 Å². The molecule has 0 spiro atoms. The van der Waals surface area contributed by atoms with Gasteiger partial charge in [-0.05, 0) is 43.2 Å². The van der Waals surface area contributed by atoms with Crippen molar-refractivity contribution in [3.63, 3.8) is 0 Å². The minimum absolute atomic E-state index is 0.213. The number of sulfonamides is 1. The van der Waals surface area contributed by atoms with E-state index in [0.29, 0.717) is 28.8 Å². The first kappa shape index (κ1) is 28.3. The molecule has 2 aliphatic rings. The summed E-state index contributed by atoms with van der Waals surface area (Å²) >= 11 is 6.34. The Kier molecular flexibility index (Phi) is 8.60. The van der Waals surface area contributed by atoms with Crippen LogP contribution in [0.2, 0.25) is 5.02 Å². The van der Waals surface area contributed by atoms with Gasteiger partial charge in [-0.15, -0.1) is 0 Å². The number of hydrogen-bond donors (Lipinski definition) is 3. The van der Waals surface area contributed by atoms with Crippen molar-refractivity contribution < 1.29 is 12.8 Å². The van der Waals surface area contributed by atoms with Crippen molar-refractivity contribution in [3.8, 4) is 0 Å². The van der Waals surface area contributed by atoms with Crippen LogP contribution in [0, 0.1) is 5.82 Å². The van der Waals surface area contributed by atoms with Gasteiger partial charge in [0, 0.05) is 58.0 Å². The van der Waals surface area contributed by atoms with Crippen LogP contribution in [0.3, 0.4) is 0 Å². The van der Waals surface area contributed by atoms with Crippen molar-refractivity contribution in [1.29, 1.82) is 0 Å². The smallest absolute Gasteiger partial charge is 0.232 e. The number of halogens is 2. The molecule has 13 heteroatoms. The number of nitrogens with one attached hydrogen (secondary N) is 3. The van der Waals surface area contributed by atoms with Crippen LogP contribution >= 0.6 is 11.6 Å². The van der Waals surface area contributed by atoms with E-state index in [1.165, 1.54) is 23.6 Å². The zero-order valence-electron chi connectivity index (χ0n) is 22.6. The van der Waals surface area contributed by atoms with E-state index in [0.717, 1.165) is 58.4 Å². The predicted octanol–water partition coefficient (Wildman–Crippen LogP) is 4.03. The van der Waals surface area contributed by atoms with Crippen LogP contribution in [0.25, 0.3) is 0 Å². The lowest BCUT2D eigenvalue weighted by atomic mass is 10.0. The minimum atomic E-state index is -3.48. The molecule has 2 fully saturated rings. The number of piperidine rings is 1. The molecule has 0 saturated carbocycles. The molecular weight excluding hydrogens is 555 g/mol. The van der Waals surface area contributed by atoms with Gasteiger partial charge in [-0.3, -0.25) is 9.21 Å². The quantitative estimate of drug-likeness (QED) is 0.360. The number of benzene rings is 2.